The summed E-state index contributed by atoms with van der Waals surface area (Å²) < 4.78 is 43.5. The topological polar surface area (TPSA) is 271 Å². The fraction of sp³-hybridized carbons (Fsp3) is 0.649. The molecule has 1 heterocycles. The number of esters is 1. The van der Waals surface area contributed by atoms with E-state index in [0.717, 1.165) is 49.7 Å². The van der Waals surface area contributed by atoms with Crippen LogP contribution < -0.4 is 21.3 Å². The number of hydroxylamine groups is 2. The molecule has 1 saturated heterocycles. The highest BCUT2D eigenvalue weighted by atomic mass is 16.7. The molecule has 0 aromatic heterocycles. The van der Waals surface area contributed by atoms with Crippen LogP contribution in [0.1, 0.15) is 133 Å². The lowest BCUT2D eigenvalue weighted by Crippen LogP contribution is -2.45. The van der Waals surface area contributed by atoms with Gasteiger partial charge in [0.15, 0.2) is 0 Å². The summed E-state index contributed by atoms with van der Waals surface area (Å²) in [5.41, 5.74) is 1.75. The van der Waals surface area contributed by atoms with Gasteiger partial charge in [-0.25, -0.2) is 9.59 Å². The summed E-state index contributed by atoms with van der Waals surface area (Å²) in [6.45, 7) is 5.41. The van der Waals surface area contributed by atoms with Gasteiger partial charge in [-0.2, -0.15) is 0 Å². The lowest BCUT2D eigenvalue weighted by atomic mass is 10.1. The maximum absolute atomic E-state index is 12.9. The predicted octanol–water partition coefficient (Wildman–Crippen LogP) is 5.71. The molecule has 22 nitrogen and oxygen atoms in total. The number of carbonyl (C=O) groups is 8. The molecule has 3 rings (SSSR count). The minimum absolute atomic E-state index is 0.0310. The highest BCUT2D eigenvalue weighted by Gasteiger charge is 2.35. The lowest BCUT2D eigenvalue weighted by Gasteiger charge is -2.20. The largest absolute Gasteiger partial charge is 0.461 e. The fourth-order valence-electron chi connectivity index (χ4n) is 7.65. The Bertz CT molecular complexity index is 1980. The number of hydrogen-bond acceptors (Lipinski definition) is 17. The number of alkyl carbamates (subject to hydrolysis) is 1. The SMILES string of the molecule is O=C(CCCCCCCCCCCCC(=O)OCc1ccccc1)NCCOCCOCCOCCC(=O)NCCOCCOCCOCCC(=O)NCCCC[C@H](NC(=O)OCc1ccccc1)C(=O)ON1C(=O)CCC1=O. The van der Waals surface area contributed by atoms with Crippen LogP contribution in [0.5, 0.6) is 0 Å². The van der Waals surface area contributed by atoms with Crippen molar-refractivity contribution < 1.29 is 81.1 Å². The molecule has 1 aliphatic rings. The number of rotatable bonds is 49. The van der Waals surface area contributed by atoms with E-state index in [2.05, 4.69) is 21.3 Å². The molecule has 0 saturated carbocycles. The summed E-state index contributed by atoms with van der Waals surface area (Å²) in [7, 11) is 0. The summed E-state index contributed by atoms with van der Waals surface area (Å²) in [5, 5.41) is 11.3. The average molecular weight is 1110 g/mol. The Kier molecular flexibility index (Phi) is 39.0. The van der Waals surface area contributed by atoms with Crippen LogP contribution in [-0.2, 0) is 89.5 Å². The number of ether oxygens (including phenoxy) is 8. The Hall–Kier alpha value is -6.04. The quantitative estimate of drug-likeness (QED) is 0.0351. The highest BCUT2D eigenvalue weighted by Crippen LogP contribution is 2.15. The highest BCUT2D eigenvalue weighted by molar-refractivity contribution is 6.02. The van der Waals surface area contributed by atoms with Gasteiger partial charge >= 0.3 is 18.0 Å². The van der Waals surface area contributed by atoms with Gasteiger partial charge in [-0.15, -0.1) is 5.06 Å². The monoisotopic (exact) mass is 1110 g/mol. The molecule has 1 fully saturated rings. The van der Waals surface area contributed by atoms with E-state index in [0.29, 0.717) is 116 Å². The fourth-order valence-corrected chi connectivity index (χ4v) is 7.65. The molecule has 22 heteroatoms. The Morgan fingerprint density at radius 3 is 1.33 bits per heavy atom. The number of carbonyl (C=O) groups excluding carboxylic acids is 8. The first-order valence-electron chi connectivity index (χ1n) is 28.1. The smallest absolute Gasteiger partial charge is 0.408 e. The normalized spacial score (nSPS) is 12.5. The van der Waals surface area contributed by atoms with Crippen LogP contribution in [0.4, 0.5) is 4.79 Å². The van der Waals surface area contributed by atoms with Crippen molar-refractivity contribution in [2.45, 2.75) is 141 Å². The summed E-state index contributed by atoms with van der Waals surface area (Å²) in [6, 6.07) is 17.5. The molecule has 2 aromatic carbocycles. The van der Waals surface area contributed by atoms with E-state index in [4.69, 9.17) is 42.7 Å². The molecule has 2 aromatic rings. The van der Waals surface area contributed by atoms with Gasteiger partial charge in [0.25, 0.3) is 11.8 Å². The Balaban J connectivity index is 0.990. The second-order valence-corrected chi connectivity index (χ2v) is 18.7. The average Bonchev–Trinajstić information content (AvgIpc) is 3.79. The summed E-state index contributed by atoms with van der Waals surface area (Å²) in [4.78, 5) is 103. The van der Waals surface area contributed by atoms with E-state index in [9.17, 15) is 38.4 Å². The molecule has 6 amide bonds. The van der Waals surface area contributed by atoms with E-state index < -0.39 is 29.9 Å². The van der Waals surface area contributed by atoms with Crippen LogP contribution in [0.3, 0.4) is 0 Å². The van der Waals surface area contributed by atoms with Crippen LogP contribution in [0.15, 0.2) is 60.7 Å². The summed E-state index contributed by atoms with van der Waals surface area (Å²) in [6.07, 6.45) is 12.2. The molecule has 4 N–H and O–H groups in total. The van der Waals surface area contributed by atoms with Crippen molar-refractivity contribution >= 4 is 47.6 Å². The summed E-state index contributed by atoms with van der Waals surface area (Å²) >= 11 is 0. The Labute approximate surface area is 465 Å². The predicted molar refractivity (Wildman–Crippen MR) is 289 cm³/mol. The van der Waals surface area contributed by atoms with Crippen molar-refractivity contribution in [3.05, 3.63) is 71.8 Å². The van der Waals surface area contributed by atoms with Gasteiger partial charge in [-0.3, -0.25) is 28.8 Å². The zero-order valence-electron chi connectivity index (χ0n) is 46.2. The molecular formula is C57H87N5O17. The molecule has 79 heavy (non-hydrogen) atoms. The van der Waals surface area contributed by atoms with Crippen LogP contribution in [0.2, 0.25) is 0 Å². The number of benzene rings is 2. The number of nitrogens with zero attached hydrogens (tertiary/aromatic N) is 1. The van der Waals surface area contributed by atoms with Crippen LogP contribution >= 0.6 is 0 Å². The first kappa shape index (κ1) is 67.2. The maximum Gasteiger partial charge on any atom is 0.408 e. The molecule has 0 bridgehead atoms. The van der Waals surface area contributed by atoms with Crippen molar-refractivity contribution in [1.82, 2.24) is 26.3 Å². The van der Waals surface area contributed by atoms with Crippen molar-refractivity contribution in [3.63, 3.8) is 0 Å². The zero-order chi connectivity index (χ0) is 56.6. The van der Waals surface area contributed by atoms with Crippen molar-refractivity contribution in [3.8, 4) is 0 Å². The first-order chi connectivity index (χ1) is 38.6. The number of hydrogen-bond donors (Lipinski definition) is 4. The van der Waals surface area contributed by atoms with Gasteiger partial charge in [0.2, 0.25) is 17.7 Å². The molecule has 0 unspecified atom stereocenters. The third-order valence-electron chi connectivity index (χ3n) is 12.1. The van der Waals surface area contributed by atoms with Gasteiger partial charge in [0.05, 0.1) is 79.3 Å². The Morgan fingerprint density at radius 2 is 0.835 bits per heavy atom. The molecule has 1 aliphatic heterocycles. The molecule has 0 radical (unpaired) electrons. The molecule has 1 atom stereocenters. The van der Waals surface area contributed by atoms with Gasteiger partial charge in [-0.05, 0) is 43.2 Å². The Morgan fingerprint density at radius 1 is 0.430 bits per heavy atom. The van der Waals surface area contributed by atoms with E-state index in [1.54, 1.807) is 24.3 Å². The van der Waals surface area contributed by atoms with E-state index in [-0.39, 0.29) is 82.2 Å². The molecular weight excluding hydrogens is 1030 g/mol. The second kappa shape index (κ2) is 45.8. The van der Waals surface area contributed by atoms with Crippen molar-refractivity contribution in [1.29, 1.82) is 0 Å². The van der Waals surface area contributed by atoms with Crippen LogP contribution in [0.25, 0.3) is 0 Å². The van der Waals surface area contributed by atoms with Crippen molar-refractivity contribution in [2.24, 2.45) is 0 Å². The number of unbranched alkanes of at least 4 members (excludes halogenated alkanes) is 10. The zero-order valence-corrected chi connectivity index (χ0v) is 46.2. The van der Waals surface area contributed by atoms with Crippen LogP contribution in [0, 0.1) is 0 Å². The molecule has 0 spiro atoms. The van der Waals surface area contributed by atoms with Gasteiger partial charge in [0.1, 0.15) is 19.3 Å². The van der Waals surface area contributed by atoms with E-state index in [1.165, 1.54) is 25.7 Å². The number of amides is 6. The van der Waals surface area contributed by atoms with Gasteiger partial charge in [0, 0.05) is 58.2 Å². The van der Waals surface area contributed by atoms with E-state index in [1.807, 2.05) is 36.4 Å². The maximum atomic E-state index is 12.9. The van der Waals surface area contributed by atoms with Crippen molar-refractivity contribution in [2.75, 3.05) is 98.9 Å². The van der Waals surface area contributed by atoms with Gasteiger partial charge in [-0.1, -0.05) is 112 Å². The summed E-state index contributed by atoms with van der Waals surface area (Å²) in [5.74, 6) is -2.72. The third kappa shape index (κ3) is 36.7. The first-order valence-corrected chi connectivity index (χ1v) is 28.1. The van der Waals surface area contributed by atoms with E-state index >= 15 is 0 Å². The number of imide groups is 1. The standard InChI is InChI=1S/C57H87N5O17/c63-50(24-15-7-5-3-1-2-4-6-8-16-25-55(68)77-45-47-19-11-9-12-20-47)59-31-35-73-39-43-76-42-38-72-34-29-52(65)60-32-36-74-40-44-75-41-37-71-33-28-51(64)58-30-18-17-23-49(56(69)79-62-53(66)26-27-54(62)67)61-57(70)78-46-48-21-13-10-14-22-48/h9-14,19-22,49H,1-8,15-18,23-46H2,(H,58,64)(H,59,63)(H,60,65)(H,61,70)/t49-/m0/s1. The second-order valence-electron chi connectivity index (χ2n) is 18.7. The third-order valence-corrected chi connectivity index (χ3v) is 12.1. The minimum Gasteiger partial charge on any atom is -0.461 e. The van der Waals surface area contributed by atoms with Crippen LogP contribution in [-0.4, -0.2) is 158 Å². The molecule has 442 valence electrons. The minimum atomic E-state index is -1.20. The number of nitrogens with one attached hydrogen (secondary N) is 4. The van der Waals surface area contributed by atoms with Gasteiger partial charge < -0.3 is 64.0 Å². The lowest BCUT2D eigenvalue weighted by molar-refractivity contribution is -0.199. The molecule has 0 aliphatic carbocycles.